The van der Waals surface area contributed by atoms with Gasteiger partial charge in [-0.2, -0.15) is 0 Å². The number of amides is 2. The van der Waals surface area contributed by atoms with E-state index in [2.05, 4.69) is 5.32 Å². The minimum Gasteiger partial charge on any atom is -0.352 e. The Morgan fingerprint density at radius 2 is 1.50 bits per heavy atom. The van der Waals surface area contributed by atoms with E-state index in [4.69, 9.17) is 0 Å². The van der Waals surface area contributed by atoms with Crippen molar-refractivity contribution in [2.45, 2.75) is 69.5 Å². The number of halogens is 1. The molecule has 46 heavy (non-hydrogen) atoms. The van der Waals surface area contributed by atoms with E-state index in [1.54, 1.807) is 49.4 Å². The maximum Gasteiger partial charge on any atom is 0.264 e. The van der Waals surface area contributed by atoms with Crippen LogP contribution in [0.15, 0.2) is 108 Å². The summed E-state index contributed by atoms with van der Waals surface area (Å²) in [5.74, 6) is -1.48. The highest BCUT2D eigenvalue weighted by Gasteiger charge is 2.36. The van der Waals surface area contributed by atoms with Crippen LogP contribution in [-0.2, 0) is 32.6 Å². The zero-order valence-electron chi connectivity index (χ0n) is 26.2. The Kier molecular flexibility index (Phi) is 10.5. The van der Waals surface area contributed by atoms with Crippen LogP contribution in [0.3, 0.4) is 0 Å². The molecule has 4 aromatic carbocycles. The molecule has 1 saturated carbocycles. The average Bonchev–Trinajstić information content (AvgIpc) is 3.57. The van der Waals surface area contributed by atoms with E-state index < -0.39 is 34.3 Å². The van der Waals surface area contributed by atoms with Crippen molar-refractivity contribution in [3.63, 3.8) is 0 Å². The lowest BCUT2D eigenvalue weighted by Gasteiger charge is -2.34. The molecule has 0 unspecified atom stereocenters. The van der Waals surface area contributed by atoms with Gasteiger partial charge in [0.05, 0.1) is 10.6 Å². The van der Waals surface area contributed by atoms with Gasteiger partial charge < -0.3 is 10.2 Å². The van der Waals surface area contributed by atoms with Gasteiger partial charge in [0.15, 0.2) is 0 Å². The molecule has 1 N–H and O–H groups in total. The lowest BCUT2D eigenvalue weighted by atomic mass is 10.0. The Morgan fingerprint density at radius 1 is 0.870 bits per heavy atom. The predicted molar refractivity (Wildman–Crippen MR) is 178 cm³/mol. The second-order valence-corrected chi connectivity index (χ2v) is 13.8. The first-order chi connectivity index (χ1) is 22.1. The Morgan fingerprint density at radius 3 is 2.17 bits per heavy atom. The molecule has 1 fully saturated rings. The molecule has 9 heteroatoms. The molecule has 1 aliphatic rings. The Bertz CT molecular complexity index is 1760. The van der Waals surface area contributed by atoms with Gasteiger partial charge in [-0.3, -0.25) is 13.9 Å². The van der Waals surface area contributed by atoms with E-state index in [9.17, 15) is 18.0 Å². The number of rotatable bonds is 12. The number of anilines is 1. The van der Waals surface area contributed by atoms with Gasteiger partial charge in [0.1, 0.15) is 18.4 Å². The standard InChI is InChI=1S/C37H40FN3O4S/c1-27-21-22-28(2)34(23-27)41(46(44,45)32-18-7-4-8-19-32)26-36(42)40(25-30-15-9-12-20-33(30)38)35(24-29-13-5-3-6-14-29)37(43)39-31-16-10-11-17-31/h3-9,12-15,18-23,31,35H,10-11,16-17,24-26H2,1-2H3,(H,39,43)/t35-/m1/s1. The molecule has 1 atom stereocenters. The lowest BCUT2D eigenvalue weighted by Crippen LogP contribution is -2.54. The first kappa shape index (κ1) is 32.9. The molecular formula is C37H40FN3O4S. The van der Waals surface area contributed by atoms with Crippen LogP contribution in [-0.4, -0.2) is 43.8 Å². The molecule has 0 aromatic heterocycles. The highest BCUT2D eigenvalue weighted by Crippen LogP contribution is 2.29. The van der Waals surface area contributed by atoms with E-state index in [1.807, 2.05) is 49.4 Å². The van der Waals surface area contributed by atoms with Crippen molar-refractivity contribution < 1.29 is 22.4 Å². The molecular weight excluding hydrogens is 601 g/mol. The van der Waals surface area contributed by atoms with Crippen molar-refractivity contribution in [2.24, 2.45) is 0 Å². The Labute approximate surface area is 271 Å². The molecule has 0 spiro atoms. The third-order valence-corrected chi connectivity index (χ3v) is 10.3. The number of aryl methyl sites for hydroxylation is 2. The number of sulfonamides is 1. The molecule has 5 rings (SSSR count). The second-order valence-electron chi connectivity index (χ2n) is 11.9. The maximum atomic E-state index is 15.1. The monoisotopic (exact) mass is 641 g/mol. The number of carbonyl (C=O) groups is 2. The SMILES string of the molecule is Cc1ccc(C)c(N(CC(=O)N(Cc2ccccc2F)[C@H](Cc2ccccc2)C(=O)NC2CCCC2)S(=O)(=O)c2ccccc2)c1. The molecule has 0 aliphatic heterocycles. The van der Waals surface area contributed by atoms with Crippen LogP contribution in [0.2, 0.25) is 0 Å². The third kappa shape index (κ3) is 7.83. The van der Waals surface area contributed by atoms with Gasteiger partial charge in [-0.05, 0) is 67.6 Å². The van der Waals surface area contributed by atoms with Gasteiger partial charge in [-0.25, -0.2) is 12.8 Å². The van der Waals surface area contributed by atoms with Crippen LogP contribution in [0.5, 0.6) is 0 Å². The number of nitrogens with one attached hydrogen (secondary N) is 1. The molecule has 0 saturated heterocycles. The average molecular weight is 642 g/mol. The minimum absolute atomic E-state index is 0.0129. The van der Waals surface area contributed by atoms with E-state index in [1.165, 1.54) is 23.1 Å². The predicted octanol–water partition coefficient (Wildman–Crippen LogP) is 6.34. The summed E-state index contributed by atoms with van der Waals surface area (Å²) in [6.45, 7) is 2.84. The minimum atomic E-state index is -4.22. The molecule has 2 amide bonds. The molecule has 0 radical (unpaired) electrons. The smallest absolute Gasteiger partial charge is 0.264 e. The highest BCUT2D eigenvalue weighted by atomic mass is 32.2. The molecule has 1 aliphatic carbocycles. The summed E-state index contributed by atoms with van der Waals surface area (Å²) in [5.41, 5.74) is 2.90. The zero-order valence-corrected chi connectivity index (χ0v) is 27.0. The summed E-state index contributed by atoms with van der Waals surface area (Å²) < 4.78 is 44.6. The fourth-order valence-electron chi connectivity index (χ4n) is 5.95. The van der Waals surface area contributed by atoms with E-state index in [-0.39, 0.29) is 35.4 Å². The highest BCUT2D eigenvalue weighted by molar-refractivity contribution is 7.92. The van der Waals surface area contributed by atoms with Crippen molar-refractivity contribution in [3.05, 3.63) is 131 Å². The summed E-state index contributed by atoms with van der Waals surface area (Å²) in [6, 6.07) is 27.8. The molecule has 240 valence electrons. The van der Waals surface area contributed by atoms with Crippen LogP contribution >= 0.6 is 0 Å². The summed E-state index contributed by atoms with van der Waals surface area (Å²) in [5, 5.41) is 3.13. The number of hydrogen-bond acceptors (Lipinski definition) is 4. The lowest BCUT2D eigenvalue weighted by molar-refractivity contribution is -0.140. The van der Waals surface area contributed by atoms with Crippen LogP contribution in [0.1, 0.15) is 47.9 Å². The quantitative estimate of drug-likeness (QED) is 0.196. The van der Waals surface area contributed by atoms with Gasteiger partial charge in [-0.1, -0.05) is 91.7 Å². The number of nitrogens with zero attached hydrogens (tertiary/aromatic N) is 2. The van der Waals surface area contributed by atoms with Gasteiger partial charge in [0.2, 0.25) is 11.8 Å². The maximum absolute atomic E-state index is 15.1. The van der Waals surface area contributed by atoms with Crippen molar-refractivity contribution in [2.75, 3.05) is 10.8 Å². The van der Waals surface area contributed by atoms with Crippen LogP contribution in [0, 0.1) is 19.7 Å². The van der Waals surface area contributed by atoms with E-state index in [0.717, 1.165) is 41.1 Å². The van der Waals surface area contributed by atoms with Crippen molar-refractivity contribution in [3.8, 4) is 0 Å². The normalized spacial score (nSPS) is 14.1. The largest absolute Gasteiger partial charge is 0.352 e. The van der Waals surface area contributed by atoms with Crippen LogP contribution < -0.4 is 9.62 Å². The molecule has 4 aromatic rings. The number of hydrogen-bond donors (Lipinski definition) is 1. The number of benzene rings is 4. The summed E-state index contributed by atoms with van der Waals surface area (Å²) in [7, 11) is -4.22. The molecule has 7 nitrogen and oxygen atoms in total. The van der Waals surface area contributed by atoms with Crippen LogP contribution in [0.4, 0.5) is 10.1 Å². The fraction of sp³-hybridized carbons (Fsp3) is 0.297. The Hall–Kier alpha value is -4.50. The first-order valence-electron chi connectivity index (χ1n) is 15.7. The Balaban J connectivity index is 1.59. The zero-order chi connectivity index (χ0) is 32.7. The van der Waals surface area contributed by atoms with E-state index >= 15 is 4.39 Å². The second kappa shape index (κ2) is 14.7. The van der Waals surface area contributed by atoms with Crippen molar-refractivity contribution in [1.82, 2.24) is 10.2 Å². The number of carbonyl (C=O) groups excluding carboxylic acids is 2. The fourth-order valence-corrected chi connectivity index (χ4v) is 7.44. The molecule has 0 heterocycles. The van der Waals surface area contributed by atoms with Gasteiger partial charge in [-0.15, -0.1) is 0 Å². The van der Waals surface area contributed by atoms with E-state index in [0.29, 0.717) is 11.3 Å². The van der Waals surface area contributed by atoms with Gasteiger partial charge in [0.25, 0.3) is 10.0 Å². The topological polar surface area (TPSA) is 86.8 Å². The molecule has 0 bridgehead atoms. The van der Waals surface area contributed by atoms with Crippen LogP contribution in [0.25, 0.3) is 0 Å². The van der Waals surface area contributed by atoms with Gasteiger partial charge in [0, 0.05) is 24.6 Å². The van der Waals surface area contributed by atoms with Gasteiger partial charge >= 0.3 is 0 Å². The summed E-state index contributed by atoms with van der Waals surface area (Å²) >= 11 is 0. The summed E-state index contributed by atoms with van der Waals surface area (Å²) in [6.07, 6.45) is 3.89. The van der Waals surface area contributed by atoms with Crippen molar-refractivity contribution >= 4 is 27.5 Å². The first-order valence-corrected chi connectivity index (χ1v) is 17.1. The van der Waals surface area contributed by atoms with Crippen molar-refractivity contribution in [1.29, 1.82) is 0 Å². The third-order valence-electron chi connectivity index (χ3n) is 8.51. The summed E-state index contributed by atoms with van der Waals surface area (Å²) in [4.78, 5) is 30.0.